The molecule has 16 heavy (non-hydrogen) atoms. The normalized spacial score (nSPS) is 14.5. The highest BCUT2D eigenvalue weighted by Gasteiger charge is 2.16. The van der Waals surface area contributed by atoms with Crippen LogP contribution in [0.4, 0.5) is 5.69 Å². The van der Waals surface area contributed by atoms with Gasteiger partial charge in [0.2, 0.25) is 0 Å². The van der Waals surface area contributed by atoms with Crippen molar-refractivity contribution >= 4 is 11.6 Å². The van der Waals surface area contributed by atoms with Gasteiger partial charge in [0.25, 0.3) is 5.91 Å². The van der Waals surface area contributed by atoms with Gasteiger partial charge in [0.15, 0.2) is 0 Å². The van der Waals surface area contributed by atoms with E-state index in [0.717, 1.165) is 30.9 Å². The molecule has 1 saturated heterocycles. The SMILES string of the molecule is CCn1cc(NC(=O)C(C)=C2CNC2)cn1. The Kier molecular flexibility index (Phi) is 3.05. The number of hydrogen-bond donors (Lipinski definition) is 2. The van der Waals surface area contributed by atoms with E-state index in [-0.39, 0.29) is 5.91 Å². The number of aromatic nitrogens is 2. The predicted molar refractivity (Wildman–Crippen MR) is 62.1 cm³/mol. The maximum atomic E-state index is 11.8. The summed E-state index contributed by atoms with van der Waals surface area (Å²) in [5.74, 6) is -0.0350. The first-order valence-electron chi connectivity index (χ1n) is 5.44. The molecule has 2 heterocycles. The van der Waals surface area contributed by atoms with E-state index >= 15 is 0 Å². The van der Waals surface area contributed by atoms with Crippen LogP contribution in [0.2, 0.25) is 0 Å². The fourth-order valence-electron chi connectivity index (χ4n) is 1.50. The van der Waals surface area contributed by atoms with E-state index in [4.69, 9.17) is 0 Å². The molecule has 2 rings (SSSR count). The van der Waals surface area contributed by atoms with E-state index in [2.05, 4.69) is 15.7 Å². The van der Waals surface area contributed by atoms with Crippen LogP contribution in [0.5, 0.6) is 0 Å². The topological polar surface area (TPSA) is 59.0 Å². The van der Waals surface area contributed by atoms with Crippen molar-refractivity contribution in [2.75, 3.05) is 18.4 Å². The highest BCUT2D eigenvalue weighted by atomic mass is 16.1. The molecule has 0 aliphatic carbocycles. The molecule has 1 amide bonds. The summed E-state index contributed by atoms with van der Waals surface area (Å²) in [5.41, 5.74) is 2.74. The van der Waals surface area contributed by atoms with Crippen LogP contribution in [0, 0.1) is 0 Å². The number of amides is 1. The summed E-state index contributed by atoms with van der Waals surface area (Å²) < 4.78 is 1.78. The standard InChI is InChI=1S/C11H16N4O/c1-3-15-7-10(6-13-15)14-11(16)8(2)9-4-12-5-9/h6-7,12H,3-5H2,1-2H3,(H,14,16). The maximum absolute atomic E-state index is 11.8. The van der Waals surface area contributed by atoms with Crippen molar-refractivity contribution in [1.82, 2.24) is 15.1 Å². The average Bonchev–Trinajstić information content (AvgIpc) is 2.62. The van der Waals surface area contributed by atoms with Gasteiger partial charge in [0.1, 0.15) is 0 Å². The summed E-state index contributed by atoms with van der Waals surface area (Å²) in [6.07, 6.45) is 3.49. The van der Waals surface area contributed by atoms with Gasteiger partial charge in [-0.2, -0.15) is 5.10 Å². The summed E-state index contributed by atoms with van der Waals surface area (Å²) in [6.45, 7) is 6.32. The minimum absolute atomic E-state index is 0.0350. The van der Waals surface area contributed by atoms with E-state index in [1.165, 1.54) is 5.57 Å². The Balaban J connectivity index is 2.01. The highest BCUT2D eigenvalue weighted by molar-refractivity contribution is 6.03. The van der Waals surface area contributed by atoms with Crippen LogP contribution in [-0.2, 0) is 11.3 Å². The van der Waals surface area contributed by atoms with Crippen molar-refractivity contribution in [2.24, 2.45) is 0 Å². The van der Waals surface area contributed by atoms with Crippen molar-refractivity contribution in [2.45, 2.75) is 20.4 Å². The Hall–Kier alpha value is -1.62. The first-order valence-corrected chi connectivity index (χ1v) is 5.44. The molecular formula is C11H16N4O. The molecule has 2 N–H and O–H groups in total. The third-order valence-electron chi connectivity index (χ3n) is 2.76. The van der Waals surface area contributed by atoms with E-state index in [1.807, 2.05) is 20.0 Å². The molecule has 5 heteroatoms. The van der Waals surface area contributed by atoms with Gasteiger partial charge in [0.05, 0.1) is 11.9 Å². The zero-order valence-corrected chi connectivity index (χ0v) is 9.58. The Labute approximate surface area is 94.5 Å². The number of hydrogen-bond acceptors (Lipinski definition) is 3. The lowest BCUT2D eigenvalue weighted by Crippen LogP contribution is -2.36. The lowest BCUT2D eigenvalue weighted by atomic mass is 10.0. The van der Waals surface area contributed by atoms with Gasteiger partial charge in [-0.05, 0) is 19.4 Å². The van der Waals surface area contributed by atoms with E-state index in [1.54, 1.807) is 10.9 Å². The number of aryl methyl sites for hydroxylation is 1. The van der Waals surface area contributed by atoms with Crippen molar-refractivity contribution in [1.29, 1.82) is 0 Å². The van der Waals surface area contributed by atoms with E-state index in [0.29, 0.717) is 0 Å². The van der Waals surface area contributed by atoms with Gasteiger partial charge in [0, 0.05) is 31.4 Å². The van der Waals surface area contributed by atoms with Crippen LogP contribution >= 0.6 is 0 Å². The molecule has 0 aromatic carbocycles. The van der Waals surface area contributed by atoms with Gasteiger partial charge in [-0.1, -0.05) is 0 Å². The molecular weight excluding hydrogens is 204 g/mol. The van der Waals surface area contributed by atoms with Crippen LogP contribution < -0.4 is 10.6 Å². The molecule has 0 bridgehead atoms. The third-order valence-corrected chi connectivity index (χ3v) is 2.76. The second-order valence-corrected chi connectivity index (χ2v) is 3.87. The van der Waals surface area contributed by atoms with E-state index < -0.39 is 0 Å². The molecule has 0 saturated carbocycles. The zero-order valence-electron chi connectivity index (χ0n) is 9.58. The maximum Gasteiger partial charge on any atom is 0.251 e. The van der Waals surface area contributed by atoms with Gasteiger partial charge >= 0.3 is 0 Å². The van der Waals surface area contributed by atoms with Crippen molar-refractivity contribution < 1.29 is 4.79 Å². The first-order chi connectivity index (χ1) is 7.70. The molecule has 0 unspecified atom stereocenters. The van der Waals surface area contributed by atoms with Crippen LogP contribution in [-0.4, -0.2) is 28.8 Å². The lowest BCUT2D eigenvalue weighted by molar-refractivity contribution is -0.112. The zero-order chi connectivity index (χ0) is 11.5. The molecule has 0 radical (unpaired) electrons. The largest absolute Gasteiger partial charge is 0.320 e. The lowest BCUT2D eigenvalue weighted by Gasteiger charge is -2.21. The van der Waals surface area contributed by atoms with Gasteiger partial charge in [-0.15, -0.1) is 0 Å². The van der Waals surface area contributed by atoms with Gasteiger partial charge in [-0.3, -0.25) is 9.48 Å². The first kappa shape index (κ1) is 10.9. The second kappa shape index (κ2) is 4.49. The number of carbonyl (C=O) groups excluding carboxylic acids is 1. The number of anilines is 1. The fourth-order valence-corrected chi connectivity index (χ4v) is 1.50. The molecule has 1 aliphatic rings. The van der Waals surface area contributed by atoms with Crippen molar-refractivity contribution in [3.8, 4) is 0 Å². The molecule has 1 aliphatic heterocycles. The molecule has 0 spiro atoms. The molecule has 1 aromatic heterocycles. The van der Waals surface area contributed by atoms with Crippen molar-refractivity contribution in [3.63, 3.8) is 0 Å². The van der Waals surface area contributed by atoms with Gasteiger partial charge < -0.3 is 10.6 Å². The summed E-state index contributed by atoms with van der Waals surface area (Å²) in [4.78, 5) is 11.8. The van der Waals surface area contributed by atoms with Crippen LogP contribution in [0.1, 0.15) is 13.8 Å². The Morgan fingerprint density at radius 3 is 2.88 bits per heavy atom. The van der Waals surface area contributed by atoms with Gasteiger partial charge in [-0.25, -0.2) is 0 Å². The Morgan fingerprint density at radius 2 is 2.38 bits per heavy atom. The summed E-state index contributed by atoms with van der Waals surface area (Å²) >= 11 is 0. The smallest absolute Gasteiger partial charge is 0.251 e. The quantitative estimate of drug-likeness (QED) is 0.739. The predicted octanol–water partition coefficient (Wildman–Crippen LogP) is 0.761. The molecule has 0 atom stereocenters. The Morgan fingerprint density at radius 1 is 1.62 bits per heavy atom. The number of nitrogens with one attached hydrogen (secondary N) is 2. The number of carbonyl (C=O) groups is 1. The third kappa shape index (κ3) is 2.14. The average molecular weight is 220 g/mol. The second-order valence-electron chi connectivity index (χ2n) is 3.87. The van der Waals surface area contributed by atoms with Crippen molar-refractivity contribution in [3.05, 3.63) is 23.5 Å². The summed E-state index contributed by atoms with van der Waals surface area (Å²) in [6, 6.07) is 0. The monoisotopic (exact) mass is 220 g/mol. The molecule has 1 aromatic rings. The van der Waals surface area contributed by atoms with Crippen LogP contribution in [0.15, 0.2) is 23.5 Å². The minimum atomic E-state index is -0.0350. The fraction of sp³-hybridized carbons (Fsp3) is 0.455. The minimum Gasteiger partial charge on any atom is -0.320 e. The molecule has 86 valence electrons. The molecule has 5 nitrogen and oxygen atoms in total. The number of nitrogens with zero attached hydrogens (tertiary/aromatic N) is 2. The molecule has 1 fully saturated rings. The van der Waals surface area contributed by atoms with Crippen LogP contribution in [0.3, 0.4) is 0 Å². The summed E-state index contributed by atoms with van der Waals surface area (Å²) in [7, 11) is 0. The Bertz CT molecular complexity index is 427. The highest BCUT2D eigenvalue weighted by Crippen LogP contribution is 2.12. The van der Waals surface area contributed by atoms with Crippen LogP contribution in [0.25, 0.3) is 0 Å². The number of rotatable bonds is 3. The van der Waals surface area contributed by atoms with E-state index in [9.17, 15) is 4.79 Å². The summed E-state index contributed by atoms with van der Waals surface area (Å²) in [5, 5.41) is 10.1.